The van der Waals surface area contributed by atoms with Crippen molar-refractivity contribution in [2.24, 2.45) is 11.5 Å². The van der Waals surface area contributed by atoms with Crippen LogP contribution in [0.2, 0.25) is 0 Å². The van der Waals surface area contributed by atoms with E-state index in [2.05, 4.69) is 10.1 Å². The van der Waals surface area contributed by atoms with E-state index in [0.717, 1.165) is 25.7 Å². The van der Waals surface area contributed by atoms with Crippen LogP contribution in [-0.4, -0.2) is 42.4 Å². The Morgan fingerprint density at radius 2 is 2.38 bits per heavy atom. The molecular weight excluding hydrogens is 274 g/mol. The molecule has 21 heavy (non-hydrogen) atoms. The fourth-order valence-corrected chi connectivity index (χ4v) is 2.51. The first kappa shape index (κ1) is 15.7. The number of ether oxygens (including phenoxy) is 1. The van der Waals surface area contributed by atoms with Gasteiger partial charge in [-0.25, -0.2) is 4.79 Å². The standard InChI is InChI=1S/C13H23N5O3/c1-20-12(19)10-6-2-3-8-18(10)13-16-11(21-17-13)9(15)5-4-7-14/h9-10H,2-8,14-15H2,1H3/t9-,10?/m1/s1. The number of hydrogen-bond acceptors (Lipinski definition) is 8. The molecule has 1 fully saturated rings. The molecule has 118 valence electrons. The maximum Gasteiger partial charge on any atom is 0.328 e. The van der Waals surface area contributed by atoms with Gasteiger partial charge >= 0.3 is 5.97 Å². The van der Waals surface area contributed by atoms with E-state index in [1.807, 2.05) is 4.90 Å². The van der Waals surface area contributed by atoms with Crippen LogP contribution in [-0.2, 0) is 9.53 Å². The smallest absolute Gasteiger partial charge is 0.328 e. The Balaban J connectivity index is 2.09. The molecule has 2 rings (SSSR count). The van der Waals surface area contributed by atoms with Crippen LogP contribution in [0, 0.1) is 0 Å². The van der Waals surface area contributed by atoms with Crippen LogP contribution in [0.5, 0.6) is 0 Å². The van der Waals surface area contributed by atoms with E-state index in [-0.39, 0.29) is 18.1 Å². The molecule has 1 aromatic rings. The highest BCUT2D eigenvalue weighted by atomic mass is 16.5. The lowest BCUT2D eigenvalue weighted by Crippen LogP contribution is -2.46. The second kappa shape index (κ2) is 7.37. The van der Waals surface area contributed by atoms with Gasteiger partial charge in [-0.3, -0.25) is 0 Å². The zero-order valence-electron chi connectivity index (χ0n) is 12.3. The number of piperidine rings is 1. The summed E-state index contributed by atoms with van der Waals surface area (Å²) < 4.78 is 10.1. The Morgan fingerprint density at radius 1 is 1.57 bits per heavy atom. The lowest BCUT2D eigenvalue weighted by atomic mass is 10.0. The van der Waals surface area contributed by atoms with Crippen LogP contribution >= 0.6 is 0 Å². The molecule has 8 heteroatoms. The van der Waals surface area contributed by atoms with Crippen LogP contribution in [0.3, 0.4) is 0 Å². The van der Waals surface area contributed by atoms with Crippen molar-refractivity contribution < 1.29 is 14.1 Å². The molecular formula is C13H23N5O3. The van der Waals surface area contributed by atoms with Crippen molar-refractivity contribution in [2.75, 3.05) is 25.1 Å². The van der Waals surface area contributed by atoms with E-state index < -0.39 is 0 Å². The molecule has 0 amide bonds. The van der Waals surface area contributed by atoms with E-state index in [1.54, 1.807) is 0 Å². The lowest BCUT2D eigenvalue weighted by molar-refractivity contribution is -0.142. The molecule has 0 bridgehead atoms. The molecule has 8 nitrogen and oxygen atoms in total. The van der Waals surface area contributed by atoms with Gasteiger partial charge in [0.15, 0.2) is 0 Å². The molecule has 0 spiro atoms. The van der Waals surface area contributed by atoms with Crippen molar-refractivity contribution in [1.82, 2.24) is 10.1 Å². The number of nitrogens with two attached hydrogens (primary N) is 2. The van der Waals surface area contributed by atoms with Gasteiger partial charge in [-0.2, -0.15) is 4.98 Å². The van der Waals surface area contributed by atoms with Crippen LogP contribution in [0.15, 0.2) is 4.52 Å². The highest BCUT2D eigenvalue weighted by Crippen LogP contribution is 2.24. The van der Waals surface area contributed by atoms with Gasteiger partial charge < -0.3 is 25.6 Å². The minimum atomic E-state index is -0.352. The Kier molecular flexibility index (Phi) is 5.51. The predicted octanol–water partition coefficient (Wildman–Crippen LogP) is 0.340. The molecule has 1 aromatic heterocycles. The third-order valence-corrected chi connectivity index (χ3v) is 3.70. The number of esters is 1. The van der Waals surface area contributed by atoms with Gasteiger partial charge in [0.2, 0.25) is 5.89 Å². The van der Waals surface area contributed by atoms with Gasteiger partial charge in [0.05, 0.1) is 13.2 Å². The molecule has 0 aliphatic carbocycles. The Morgan fingerprint density at radius 3 is 3.10 bits per heavy atom. The topological polar surface area (TPSA) is 120 Å². The van der Waals surface area contributed by atoms with Gasteiger partial charge in [0, 0.05) is 6.54 Å². The third-order valence-electron chi connectivity index (χ3n) is 3.70. The highest BCUT2D eigenvalue weighted by Gasteiger charge is 2.32. The normalized spacial score (nSPS) is 20.3. The molecule has 0 saturated carbocycles. The number of carbonyl (C=O) groups is 1. The first-order valence-corrected chi connectivity index (χ1v) is 7.31. The zero-order chi connectivity index (χ0) is 15.2. The summed E-state index contributed by atoms with van der Waals surface area (Å²) in [5, 5.41) is 3.96. The summed E-state index contributed by atoms with van der Waals surface area (Å²) in [6.45, 7) is 1.28. The molecule has 2 heterocycles. The number of nitrogens with zero attached hydrogens (tertiary/aromatic N) is 3. The average molecular weight is 297 g/mol. The summed E-state index contributed by atoms with van der Waals surface area (Å²) in [5.74, 6) is 0.518. The van der Waals surface area contributed by atoms with E-state index in [9.17, 15) is 4.79 Å². The minimum Gasteiger partial charge on any atom is -0.467 e. The number of aromatic nitrogens is 2. The zero-order valence-corrected chi connectivity index (χ0v) is 12.3. The molecule has 4 N–H and O–H groups in total. The molecule has 1 aliphatic rings. The Bertz CT molecular complexity index is 464. The van der Waals surface area contributed by atoms with Crippen molar-refractivity contribution in [3.8, 4) is 0 Å². The SMILES string of the molecule is COC(=O)C1CCCCN1c1noc([C@H](N)CCCN)n1. The van der Waals surface area contributed by atoms with E-state index >= 15 is 0 Å². The van der Waals surface area contributed by atoms with Gasteiger partial charge in [0.1, 0.15) is 6.04 Å². The molecule has 1 unspecified atom stereocenters. The largest absolute Gasteiger partial charge is 0.467 e. The molecule has 0 aromatic carbocycles. The van der Waals surface area contributed by atoms with Gasteiger partial charge in [0.25, 0.3) is 5.95 Å². The average Bonchev–Trinajstić information content (AvgIpc) is 3.01. The molecule has 0 radical (unpaired) electrons. The van der Waals surface area contributed by atoms with Gasteiger partial charge in [-0.05, 0) is 43.8 Å². The predicted molar refractivity (Wildman–Crippen MR) is 76.5 cm³/mol. The van der Waals surface area contributed by atoms with Crippen LogP contribution in [0.25, 0.3) is 0 Å². The van der Waals surface area contributed by atoms with Crippen LogP contribution in [0.1, 0.15) is 44.0 Å². The molecule has 1 aliphatic heterocycles. The number of anilines is 1. The quantitative estimate of drug-likeness (QED) is 0.721. The minimum absolute atomic E-state index is 0.270. The maximum atomic E-state index is 11.8. The third kappa shape index (κ3) is 3.70. The summed E-state index contributed by atoms with van der Waals surface area (Å²) in [4.78, 5) is 18.0. The first-order chi connectivity index (χ1) is 10.2. The summed E-state index contributed by atoms with van der Waals surface area (Å²) in [6, 6.07) is -0.675. The lowest BCUT2D eigenvalue weighted by Gasteiger charge is -2.32. The summed E-state index contributed by atoms with van der Waals surface area (Å²) in [6.07, 6.45) is 4.19. The fourth-order valence-electron chi connectivity index (χ4n) is 2.51. The van der Waals surface area contributed by atoms with Crippen molar-refractivity contribution in [3.63, 3.8) is 0 Å². The highest BCUT2D eigenvalue weighted by molar-refractivity contribution is 5.79. The summed E-state index contributed by atoms with van der Waals surface area (Å²) in [5.41, 5.74) is 11.4. The monoisotopic (exact) mass is 297 g/mol. The fraction of sp³-hybridized carbons (Fsp3) is 0.769. The van der Waals surface area contributed by atoms with Crippen molar-refractivity contribution in [1.29, 1.82) is 0 Å². The van der Waals surface area contributed by atoms with Crippen LogP contribution in [0.4, 0.5) is 5.95 Å². The molecule has 2 atom stereocenters. The maximum absolute atomic E-state index is 11.8. The Hall–Kier alpha value is -1.67. The van der Waals surface area contributed by atoms with Crippen molar-refractivity contribution in [2.45, 2.75) is 44.2 Å². The molecule has 1 saturated heterocycles. The second-order valence-electron chi connectivity index (χ2n) is 5.20. The van der Waals surface area contributed by atoms with Gasteiger partial charge in [-0.1, -0.05) is 0 Å². The summed E-state index contributed by atoms with van der Waals surface area (Å²) in [7, 11) is 1.39. The summed E-state index contributed by atoms with van der Waals surface area (Å²) >= 11 is 0. The number of carbonyl (C=O) groups excluding carboxylic acids is 1. The number of rotatable bonds is 6. The van der Waals surface area contributed by atoms with E-state index in [1.165, 1.54) is 7.11 Å². The second-order valence-corrected chi connectivity index (χ2v) is 5.20. The van der Waals surface area contributed by atoms with Crippen molar-refractivity contribution >= 4 is 11.9 Å². The van der Waals surface area contributed by atoms with E-state index in [0.29, 0.717) is 31.3 Å². The number of hydrogen-bond donors (Lipinski definition) is 2. The van der Waals surface area contributed by atoms with Gasteiger partial charge in [-0.15, -0.1) is 0 Å². The number of methoxy groups -OCH3 is 1. The van der Waals surface area contributed by atoms with E-state index in [4.69, 9.17) is 20.7 Å². The van der Waals surface area contributed by atoms with Crippen molar-refractivity contribution in [3.05, 3.63) is 5.89 Å². The van der Waals surface area contributed by atoms with Crippen LogP contribution < -0.4 is 16.4 Å². The Labute approximate surface area is 123 Å². The first-order valence-electron chi connectivity index (χ1n) is 7.31.